The Bertz CT molecular complexity index is 578. The summed E-state index contributed by atoms with van der Waals surface area (Å²) in [5.74, 6) is 2.97. The van der Waals surface area contributed by atoms with Gasteiger partial charge in [-0.1, -0.05) is 20.8 Å². The van der Waals surface area contributed by atoms with Crippen molar-refractivity contribution in [3.05, 3.63) is 18.5 Å². The summed E-state index contributed by atoms with van der Waals surface area (Å²) in [5.41, 5.74) is 0.329. The second-order valence-electron chi connectivity index (χ2n) is 10.3. The molecular weight excluding hydrogens is 310 g/mol. The van der Waals surface area contributed by atoms with Crippen LogP contribution >= 0.6 is 0 Å². The first-order valence-electron chi connectivity index (χ1n) is 10.1. The fraction of sp³-hybridized carbons (Fsp3) is 0.810. The van der Waals surface area contributed by atoms with Gasteiger partial charge in [0.2, 0.25) is 5.91 Å². The summed E-state index contributed by atoms with van der Waals surface area (Å²) < 4.78 is 1.93. The van der Waals surface area contributed by atoms with E-state index in [4.69, 9.17) is 0 Å². The van der Waals surface area contributed by atoms with Gasteiger partial charge in [-0.3, -0.25) is 9.48 Å². The van der Waals surface area contributed by atoms with Crippen LogP contribution in [0, 0.1) is 28.6 Å². The Labute approximate surface area is 151 Å². The molecule has 1 aromatic heterocycles. The predicted octanol–water partition coefficient (Wildman–Crippen LogP) is 4.02. The summed E-state index contributed by atoms with van der Waals surface area (Å²) in [4.78, 5) is 13.0. The van der Waals surface area contributed by atoms with Crippen LogP contribution in [0.15, 0.2) is 18.5 Å². The van der Waals surface area contributed by atoms with Gasteiger partial charge in [-0.2, -0.15) is 5.10 Å². The van der Waals surface area contributed by atoms with Crippen LogP contribution in [0.1, 0.15) is 65.7 Å². The van der Waals surface area contributed by atoms with Crippen molar-refractivity contribution in [2.75, 3.05) is 0 Å². The highest BCUT2D eigenvalue weighted by molar-refractivity contribution is 5.77. The molecular formula is C21H33N3O. The Morgan fingerprint density at radius 1 is 1.20 bits per heavy atom. The first-order valence-corrected chi connectivity index (χ1v) is 10.1. The molecule has 4 bridgehead atoms. The van der Waals surface area contributed by atoms with Crippen LogP contribution < -0.4 is 5.32 Å². The van der Waals surface area contributed by atoms with E-state index in [-0.39, 0.29) is 17.4 Å². The monoisotopic (exact) mass is 343 g/mol. The van der Waals surface area contributed by atoms with Gasteiger partial charge in [-0.15, -0.1) is 0 Å². The topological polar surface area (TPSA) is 46.9 Å². The maximum absolute atomic E-state index is 13.0. The van der Waals surface area contributed by atoms with Gasteiger partial charge in [-0.05, 0) is 73.2 Å². The van der Waals surface area contributed by atoms with Gasteiger partial charge < -0.3 is 5.32 Å². The number of nitrogens with zero attached hydrogens (tertiary/aromatic N) is 2. The molecule has 4 fully saturated rings. The lowest BCUT2D eigenvalue weighted by Crippen LogP contribution is -2.51. The van der Waals surface area contributed by atoms with Crippen LogP contribution in [0.5, 0.6) is 0 Å². The number of aromatic nitrogens is 2. The Balaban J connectivity index is 1.41. The average molecular weight is 344 g/mol. The van der Waals surface area contributed by atoms with E-state index in [0.29, 0.717) is 5.41 Å². The number of amides is 1. The highest BCUT2D eigenvalue weighted by Gasteiger charge is 2.51. The standard InChI is InChI=1S/C21H33N3O/c1-20(2,3)18(14-24-6-4-5-22-24)23-19(25)13-21-10-15-7-16(11-21)9-17(8-15)12-21/h4-6,15-18H,7-14H2,1-3H3,(H,23,25)/t15?,16?,17?,18-,21?/m1/s1. The molecule has 0 saturated heterocycles. The normalized spacial score (nSPS) is 34.9. The Morgan fingerprint density at radius 2 is 1.80 bits per heavy atom. The highest BCUT2D eigenvalue weighted by Crippen LogP contribution is 2.61. The van der Waals surface area contributed by atoms with E-state index in [1.54, 1.807) is 6.20 Å². The quantitative estimate of drug-likeness (QED) is 0.878. The molecule has 4 nitrogen and oxygen atoms in total. The van der Waals surface area contributed by atoms with Gasteiger partial charge in [0.05, 0.1) is 12.6 Å². The molecule has 1 heterocycles. The second kappa shape index (κ2) is 6.14. The molecule has 4 aliphatic rings. The van der Waals surface area contributed by atoms with Crippen molar-refractivity contribution >= 4 is 5.91 Å². The van der Waals surface area contributed by atoms with Crippen LogP contribution in [0.25, 0.3) is 0 Å². The van der Waals surface area contributed by atoms with Gasteiger partial charge in [-0.25, -0.2) is 0 Å². The van der Waals surface area contributed by atoms with E-state index in [1.807, 2.05) is 16.9 Å². The number of hydrogen-bond donors (Lipinski definition) is 1. The van der Waals surface area contributed by atoms with Crippen molar-refractivity contribution in [2.24, 2.45) is 28.6 Å². The SMILES string of the molecule is CC(C)(C)[C@@H](Cn1cccn1)NC(=O)CC12CC3CC(CC(C3)C1)C2. The van der Waals surface area contributed by atoms with Crippen LogP contribution in [-0.2, 0) is 11.3 Å². The molecule has 0 unspecified atom stereocenters. The van der Waals surface area contributed by atoms with Gasteiger partial charge in [0.15, 0.2) is 0 Å². The fourth-order valence-electron chi connectivity index (χ4n) is 6.22. The molecule has 1 atom stereocenters. The minimum Gasteiger partial charge on any atom is -0.351 e. The summed E-state index contributed by atoms with van der Waals surface area (Å²) in [6.07, 6.45) is 12.7. The van der Waals surface area contributed by atoms with Crippen molar-refractivity contribution in [3.8, 4) is 0 Å². The van der Waals surface area contributed by atoms with E-state index in [9.17, 15) is 4.79 Å². The van der Waals surface area contributed by atoms with Gasteiger partial charge in [0.25, 0.3) is 0 Å². The molecule has 1 aromatic rings. The first-order chi connectivity index (χ1) is 11.8. The molecule has 4 saturated carbocycles. The molecule has 138 valence electrons. The zero-order valence-corrected chi connectivity index (χ0v) is 16.0. The third-order valence-corrected chi connectivity index (χ3v) is 7.01. The van der Waals surface area contributed by atoms with Crippen molar-refractivity contribution in [2.45, 2.75) is 78.3 Å². The summed E-state index contributed by atoms with van der Waals surface area (Å²) >= 11 is 0. The third kappa shape index (κ3) is 3.63. The Kier molecular flexibility index (Phi) is 4.20. The lowest BCUT2D eigenvalue weighted by Gasteiger charge is -2.56. The summed E-state index contributed by atoms with van der Waals surface area (Å²) in [7, 11) is 0. The third-order valence-electron chi connectivity index (χ3n) is 7.01. The molecule has 25 heavy (non-hydrogen) atoms. The molecule has 1 N–H and O–H groups in total. The molecule has 4 aliphatic carbocycles. The van der Waals surface area contributed by atoms with Gasteiger partial charge in [0, 0.05) is 18.8 Å². The predicted molar refractivity (Wildman–Crippen MR) is 98.8 cm³/mol. The fourth-order valence-corrected chi connectivity index (χ4v) is 6.22. The Hall–Kier alpha value is -1.32. The minimum atomic E-state index is 0.0169. The van der Waals surface area contributed by atoms with Crippen LogP contribution in [0.2, 0.25) is 0 Å². The van der Waals surface area contributed by atoms with Crippen molar-refractivity contribution < 1.29 is 4.79 Å². The maximum atomic E-state index is 13.0. The van der Waals surface area contributed by atoms with E-state index in [2.05, 4.69) is 31.2 Å². The average Bonchev–Trinajstić information content (AvgIpc) is 2.96. The van der Waals surface area contributed by atoms with Crippen LogP contribution in [0.3, 0.4) is 0 Å². The van der Waals surface area contributed by atoms with E-state index >= 15 is 0 Å². The molecule has 0 aromatic carbocycles. The maximum Gasteiger partial charge on any atom is 0.220 e. The number of nitrogens with one attached hydrogen (secondary N) is 1. The molecule has 5 rings (SSSR count). The number of carbonyl (C=O) groups is 1. The zero-order chi connectivity index (χ0) is 17.7. The van der Waals surface area contributed by atoms with Crippen molar-refractivity contribution in [1.82, 2.24) is 15.1 Å². The van der Waals surface area contributed by atoms with Crippen molar-refractivity contribution in [1.29, 1.82) is 0 Å². The molecule has 0 spiro atoms. The van der Waals surface area contributed by atoms with E-state index in [1.165, 1.54) is 38.5 Å². The second-order valence-corrected chi connectivity index (χ2v) is 10.3. The lowest BCUT2D eigenvalue weighted by atomic mass is 9.49. The number of carbonyl (C=O) groups excluding carboxylic acids is 1. The lowest BCUT2D eigenvalue weighted by molar-refractivity contribution is -0.131. The van der Waals surface area contributed by atoms with Crippen LogP contribution in [0.4, 0.5) is 0 Å². The smallest absolute Gasteiger partial charge is 0.220 e. The zero-order valence-electron chi connectivity index (χ0n) is 16.0. The van der Waals surface area contributed by atoms with Crippen LogP contribution in [-0.4, -0.2) is 21.7 Å². The molecule has 0 radical (unpaired) electrons. The molecule has 0 aliphatic heterocycles. The number of hydrogen-bond acceptors (Lipinski definition) is 2. The van der Waals surface area contributed by atoms with Crippen molar-refractivity contribution in [3.63, 3.8) is 0 Å². The Morgan fingerprint density at radius 3 is 2.28 bits per heavy atom. The summed E-state index contributed by atoms with van der Waals surface area (Å²) in [6.45, 7) is 7.34. The van der Waals surface area contributed by atoms with E-state index in [0.717, 1.165) is 30.7 Å². The van der Waals surface area contributed by atoms with Gasteiger partial charge >= 0.3 is 0 Å². The minimum absolute atomic E-state index is 0.0169. The molecule has 4 heteroatoms. The number of rotatable bonds is 5. The van der Waals surface area contributed by atoms with E-state index < -0.39 is 0 Å². The first kappa shape index (κ1) is 17.1. The molecule has 1 amide bonds. The summed E-state index contributed by atoms with van der Waals surface area (Å²) in [6, 6.07) is 2.05. The highest BCUT2D eigenvalue weighted by atomic mass is 16.1. The summed E-state index contributed by atoms with van der Waals surface area (Å²) in [5, 5.41) is 7.69. The van der Waals surface area contributed by atoms with Gasteiger partial charge in [0.1, 0.15) is 0 Å². The largest absolute Gasteiger partial charge is 0.351 e.